The van der Waals surface area contributed by atoms with E-state index in [-0.39, 0.29) is 18.0 Å². The third-order valence-electron chi connectivity index (χ3n) is 5.59. The molecule has 1 amide bonds. The number of carbonyl (C=O) groups excluding carboxylic acids is 1. The number of hydrogen-bond donors (Lipinski definition) is 2. The Bertz CT molecular complexity index is 976. The monoisotopic (exact) mass is 388 g/mol. The fourth-order valence-electron chi connectivity index (χ4n) is 3.91. The van der Waals surface area contributed by atoms with Crippen LogP contribution < -0.4 is 5.32 Å². The molecule has 0 bridgehead atoms. The predicted molar refractivity (Wildman–Crippen MR) is 116 cm³/mol. The minimum absolute atomic E-state index is 0.0840. The Morgan fingerprint density at radius 1 is 1.00 bits per heavy atom. The summed E-state index contributed by atoms with van der Waals surface area (Å²) in [6, 6.07) is 18.9. The Morgan fingerprint density at radius 3 is 2.34 bits per heavy atom. The van der Waals surface area contributed by atoms with Gasteiger partial charge in [-0.15, -0.1) is 0 Å². The second-order valence-corrected chi connectivity index (χ2v) is 8.03. The number of benzene rings is 2. The maximum absolute atomic E-state index is 12.5. The van der Waals surface area contributed by atoms with Crippen LogP contribution in [0.25, 0.3) is 22.4 Å². The molecular weight excluding hydrogens is 360 g/mol. The van der Waals surface area contributed by atoms with Gasteiger partial charge in [-0.05, 0) is 31.9 Å². The first-order valence-corrected chi connectivity index (χ1v) is 10.3. The lowest BCUT2D eigenvalue weighted by molar-refractivity contribution is -0.126. The van der Waals surface area contributed by atoms with E-state index >= 15 is 0 Å². The van der Waals surface area contributed by atoms with E-state index in [0.717, 1.165) is 30.8 Å². The topological polar surface area (TPSA) is 61.0 Å². The number of aromatic nitrogens is 2. The van der Waals surface area contributed by atoms with Gasteiger partial charge in [0, 0.05) is 42.4 Å². The summed E-state index contributed by atoms with van der Waals surface area (Å²) >= 11 is 0. The van der Waals surface area contributed by atoms with Crippen molar-refractivity contribution in [2.24, 2.45) is 0 Å². The van der Waals surface area contributed by atoms with E-state index in [9.17, 15) is 4.79 Å². The molecule has 29 heavy (non-hydrogen) atoms. The van der Waals surface area contributed by atoms with Crippen molar-refractivity contribution in [3.8, 4) is 22.4 Å². The van der Waals surface area contributed by atoms with Crippen LogP contribution in [-0.4, -0.2) is 39.6 Å². The van der Waals surface area contributed by atoms with E-state index in [1.807, 2.05) is 26.8 Å². The molecule has 1 aromatic heterocycles. The number of H-pyrrole nitrogens is 1. The number of aromatic amines is 1. The molecule has 1 unspecified atom stereocenters. The molecule has 5 heteroatoms. The third kappa shape index (κ3) is 4.10. The number of nitrogens with zero attached hydrogens (tertiary/aromatic N) is 2. The van der Waals surface area contributed by atoms with Gasteiger partial charge in [0.15, 0.2) is 0 Å². The second kappa shape index (κ2) is 8.21. The fourth-order valence-corrected chi connectivity index (χ4v) is 3.91. The largest absolute Gasteiger partial charge is 0.353 e. The number of nitrogens with one attached hydrogen (secondary N) is 2. The van der Waals surface area contributed by atoms with Crippen LogP contribution >= 0.6 is 0 Å². The number of carbonyl (C=O) groups is 1. The zero-order valence-electron chi connectivity index (χ0n) is 17.3. The molecule has 1 atom stereocenters. The summed E-state index contributed by atoms with van der Waals surface area (Å²) in [6.45, 7) is 7.55. The number of hydrogen-bond acceptors (Lipinski definition) is 3. The Balaban J connectivity index is 1.55. The molecular formula is C24H28N4O. The van der Waals surface area contributed by atoms with Crippen LogP contribution in [0.5, 0.6) is 0 Å². The highest BCUT2D eigenvalue weighted by molar-refractivity contribution is 5.81. The minimum atomic E-state index is -0.159. The Kier molecular flexibility index (Phi) is 5.49. The summed E-state index contributed by atoms with van der Waals surface area (Å²) in [5.74, 6) is 0.0840. The van der Waals surface area contributed by atoms with Crippen molar-refractivity contribution in [1.82, 2.24) is 20.4 Å². The van der Waals surface area contributed by atoms with Gasteiger partial charge in [-0.2, -0.15) is 5.10 Å². The average Bonchev–Trinajstić information content (AvgIpc) is 3.16. The van der Waals surface area contributed by atoms with Crippen molar-refractivity contribution < 1.29 is 4.79 Å². The Morgan fingerprint density at radius 2 is 1.66 bits per heavy atom. The molecule has 2 aromatic carbocycles. The van der Waals surface area contributed by atoms with Gasteiger partial charge in [0.05, 0.1) is 11.7 Å². The molecule has 0 aliphatic carbocycles. The molecule has 2 N–H and O–H groups in total. The first-order valence-electron chi connectivity index (χ1n) is 10.3. The van der Waals surface area contributed by atoms with E-state index in [1.54, 1.807) is 0 Å². The number of amides is 1. The highest BCUT2D eigenvalue weighted by atomic mass is 16.2. The summed E-state index contributed by atoms with van der Waals surface area (Å²) in [5, 5.41) is 10.8. The molecule has 0 spiro atoms. The van der Waals surface area contributed by atoms with Crippen LogP contribution in [0.15, 0.2) is 54.6 Å². The summed E-state index contributed by atoms with van der Waals surface area (Å²) in [5.41, 5.74) is 6.87. The SMILES string of the molecule is CC(C)NC(=O)C(C)N1CCc2[nH]nc(-c3ccc(-c4ccccc4)cc3)c2C1. The summed E-state index contributed by atoms with van der Waals surface area (Å²) in [6.07, 6.45) is 0.879. The highest BCUT2D eigenvalue weighted by Gasteiger charge is 2.28. The van der Waals surface area contributed by atoms with Crippen LogP contribution in [0.4, 0.5) is 0 Å². The molecule has 150 valence electrons. The maximum Gasteiger partial charge on any atom is 0.237 e. The zero-order chi connectivity index (χ0) is 20.4. The average molecular weight is 389 g/mol. The zero-order valence-corrected chi connectivity index (χ0v) is 17.3. The predicted octanol–water partition coefficient (Wildman–Crippen LogP) is 4.01. The standard InChI is InChI=1S/C24H28N4O/c1-16(2)25-24(29)17(3)28-14-13-22-21(15-28)23(27-26-22)20-11-9-19(10-12-20)18-7-5-4-6-8-18/h4-12,16-17H,13-15H2,1-3H3,(H,25,29)(H,26,27). The normalized spacial score (nSPS) is 15.2. The molecule has 5 nitrogen and oxygen atoms in total. The van der Waals surface area contributed by atoms with Crippen LogP contribution in [-0.2, 0) is 17.8 Å². The first-order chi connectivity index (χ1) is 14.0. The van der Waals surface area contributed by atoms with Gasteiger partial charge in [-0.1, -0.05) is 54.6 Å². The lowest BCUT2D eigenvalue weighted by atomic mass is 9.98. The van der Waals surface area contributed by atoms with Crippen LogP contribution in [0.3, 0.4) is 0 Å². The lowest BCUT2D eigenvalue weighted by Crippen LogP contribution is -2.48. The third-order valence-corrected chi connectivity index (χ3v) is 5.59. The van der Waals surface area contributed by atoms with Crippen molar-refractivity contribution in [3.63, 3.8) is 0 Å². The van der Waals surface area contributed by atoms with Gasteiger partial charge in [0.25, 0.3) is 0 Å². The van der Waals surface area contributed by atoms with Crippen molar-refractivity contribution in [1.29, 1.82) is 0 Å². The van der Waals surface area contributed by atoms with Crippen molar-refractivity contribution >= 4 is 5.91 Å². The minimum Gasteiger partial charge on any atom is -0.353 e. The molecule has 4 rings (SSSR count). The molecule has 1 aliphatic heterocycles. The van der Waals surface area contributed by atoms with Gasteiger partial charge in [0.2, 0.25) is 5.91 Å². The molecule has 2 heterocycles. The molecule has 0 fully saturated rings. The Hall–Kier alpha value is -2.92. The van der Waals surface area contributed by atoms with E-state index in [2.05, 4.69) is 68.9 Å². The van der Waals surface area contributed by atoms with Crippen molar-refractivity contribution in [2.45, 2.75) is 45.8 Å². The molecule has 1 aliphatic rings. The van der Waals surface area contributed by atoms with Crippen molar-refractivity contribution in [3.05, 3.63) is 65.9 Å². The fraction of sp³-hybridized carbons (Fsp3) is 0.333. The van der Waals surface area contributed by atoms with Gasteiger partial charge in [-0.3, -0.25) is 14.8 Å². The van der Waals surface area contributed by atoms with Gasteiger partial charge < -0.3 is 5.32 Å². The van der Waals surface area contributed by atoms with E-state index in [1.165, 1.54) is 22.4 Å². The molecule has 3 aromatic rings. The van der Waals surface area contributed by atoms with Gasteiger partial charge in [-0.25, -0.2) is 0 Å². The molecule has 0 radical (unpaired) electrons. The Labute approximate surface area is 172 Å². The van der Waals surface area contributed by atoms with E-state index < -0.39 is 0 Å². The van der Waals surface area contributed by atoms with E-state index in [4.69, 9.17) is 0 Å². The maximum atomic E-state index is 12.5. The van der Waals surface area contributed by atoms with Gasteiger partial charge in [0.1, 0.15) is 0 Å². The van der Waals surface area contributed by atoms with Crippen LogP contribution in [0.1, 0.15) is 32.0 Å². The van der Waals surface area contributed by atoms with E-state index in [0.29, 0.717) is 0 Å². The first kappa shape index (κ1) is 19.4. The second-order valence-electron chi connectivity index (χ2n) is 8.03. The smallest absolute Gasteiger partial charge is 0.237 e. The lowest BCUT2D eigenvalue weighted by Gasteiger charge is -2.32. The van der Waals surface area contributed by atoms with Crippen LogP contribution in [0, 0.1) is 0 Å². The summed E-state index contributed by atoms with van der Waals surface area (Å²) in [4.78, 5) is 14.7. The highest BCUT2D eigenvalue weighted by Crippen LogP contribution is 2.30. The van der Waals surface area contributed by atoms with Crippen molar-refractivity contribution in [2.75, 3.05) is 6.54 Å². The number of rotatable bonds is 5. The molecule has 0 saturated carbocycles. The van der Waals surface area contributed by atoms with Gasteiger partial charge >= 0.3 is 0 Å². The summed E-state index contributed by atoms with van der Waals surface area (Å²) < 4.78 is 0. The summed E-state index contributed by atoms with van der Waals surface area (Å²) in [7, 11) is 0. The quantitative estimate of drug-likeness (QED) is 0.694. The molecule has 0 saturated heterocycles. The van der Waals surface area contributed by atoms with Crippen LogP contribution in [0.2, 0.25) is 0 Å². The number of fused-ring (bicyclic) bond motifs is 1.